The number of phenolic OH excluding ortho intramolecular Hbond substituents is 1. The number of anilines is 1. The molecular formula is C26H32N4O. The van der Waals surface area contributed by atoms with E-state index in [-0.39, 0.29) is 5.75 Å². The van der Waals surface area contributed by atoms with Gasteiger partial charge in [-0.2, -0.15) is 0 Å². The number of aromatic hydroxyl groups is 1. The Morgan fingerprint density at radius 2 is 1.71 bits per heavy atom. The third-order valence-electron chi connectivity index (χ3n) is 6.89. The van der Waals surface area contributed by atoms with Gasteiger partial charge in [0.05, 0.1) is 11.1 Å². The average Bonchev–Trinajstić information content (AvgIpc) is 2.80. The fourth-order valence-corrected chi connectivity index (χ4v) is 5.12. The normalized spacial score (nSPS) is 18.5. The van der Waals surface area contributed by atoms with Crippen LogP contribution in [0.3, 0.4) is 0 Å². The van der Waals surface area contributed by atoms with Crippen molar-refractivity contribution in [2.45, 2.75) is 39.0 Å². The Balaban J connectivity index is 1.42. The Morgan fingerprint density at radius 1 is 0.935 bits per heavy atom. The summed E-state index contributed by atoms with van der Waals surface area (Å²) in [5.74, 6) is 2.69. The SMILES string of the molecule is Cc1ccc2c(N3CCN(CC4CCCCC4)CC3)nc(-c3ccccc3O)nc2c1. The number of hydrogen-bond donors (Lipinski definition) is 1. The number of aromatic nitrogens is 2. The molecule has 0 amide bonds. The average molecular weight is 417 g/mol. The van der Waals surface area contributed by atoms with Gasteiger partial charge in [-0.3, -0.25) is 4.90 Å². The van der Waals surface area contributed by atoms with Crippen LogP contribution in [0.15, 0.2) is 42.5 Å². The lowest BCUT2D eigenvalue weighted by atomic mass is 9.89. The summed E-state index contributed by atoms with van der Waals surface area (Å²) in [5, 5.41) is 11.5. The largest absolute Gasteiger partial charge is 0.507 e. The molecule has 2 heterocycles. The van der Waals surface area contributed by atoms with Gasteiger partial charge in [-0.1, -0.05) is 37.5 Å². The summed E-state index contributed by atoms with van der Waals surface area (Å²) < 4.78 is 0. The number of hydrogen-bond acceptors (Lipinski definition) is 5. The van der Waals surface area contributed by atoms with Crippen LogP contribution in [0.1, 0.15) is 37.7 Å². The minimum absolute atomic E-state index is 0.220. The zero-order chi connectivity index (χ0) is 21.2. The predicted molar refractivity (Wildman–Crippen MR) is 127 cm³/mol. The molecule has 162 valence electrons. The van der Waals surface area contributed by atoms with Crippen LogP contribution in [0.25, 0.3) is 22.3 Å². The van der Waals surface area contributed by atoms with Gasteiger partial charge in [0.1, 0.15) is 11.6 Å². The van der Waals surface area contributed by atoms with E-state index >= 15 is 0 Å². The Morgan fingerprint density at radius 3 is 2.48 bits per heavy atom. The van der Waals surface area contributed by atoms with E-state index in [4.69, 9.17) is 9.97 Å². The molecule has 2 aromatic carbocycles. The molecule has 1 saturated heterocycles. The van der Waals surface area contributed by atoms with Crippen LogP contribution in [0.5, 0.6) is 5.75 Å². The van der Waals surface area contributed by atoms with Crippen LogP contribution in [-0.4, -0.2) is 52.7 Å². The number of fused-ring (bicyclic) bond motifs is 1. The molecule has 5 nitrogen and oxygen atoms in total. The molecule has 0 atom stereocenters. The van der Waals surface area contributed by atoms with Crippen molar-refractivity contribution in [3.8, 4) is 17.1 Å². The third kappa shape index (κ3) is 4.38. The van der Waals surface area contributed by atoms with Crippen LogP contribution in [0.4, 0.5) is 5.82 Å². The molecule has 5 heteroatoms. The molecule has 0 radical (unpaired) electrons. The van der Waals surface area contributed by atoms with Crippen LogP contribution in [0.2, 0.25) is 0 Å². The Kier molecular flexibility index (Phi) is 5.77. The van der Waals surface area contributed by atoms with Gasteiger partial charge in [0.25, 0.3) is 0 Å². The molecule has 1 saturated carbocycles. The lowest BCUT2D eigenvalue weighted by Crippen LogP contribution is -2.48. The number of rotatable bonds is 4. The zero-order valence-electron chi connectivity index (χ0n) is 18.4. The highest BCUT2D eigenvalue weighted by atomic mass is 16.3. The maximum Gasteiger partial charge on any atom is 0.165 e. The molecule has 0 spiro atoms. The van der Waals surface area contributed by atoms with Crippen molar-refractivity contribution in [1.82, 2.24) is 14.9 Å². The summed E-state index contributed by atoms with van der Waals surface area (Å²) in [6, 6.07) is 13.7. The van der Waals surface area contributed by atoms with Crippen molar-refractivity contribution in [3.63, 3.8) is 0 Å². The number of para-hydroxylation sites is 1. The van der Waals surface area contributed by atoms with Gasteiger partial charge in [0.15, 0.2) is 5.82 Å². The van der Waals surface area contributed by atoms with Crippen LogP contribution in [0, 0.1) is 12.8 Å². The second-order valence-corrected chi connectivity index (χ2v) is 9.20. The monoisotopic (exact) mass is 416 g/mol. The molecule has 1 aromatic heterocycles. The molecule has 31 heavy (non-hydrogen) atoms. The van der Waals surface area contributed by atoms with Crippen molar-refractivity contribution < 1.29 is 5.11 Å². The molecular weight excluding hydrogens is 384 g/mol. The van der Waals surface area contributed by atoms with E-state index in [1.54, 1.807) is 6.07 Å². The van der Waals surface area contributed by atoms with Gasteiger partial charge in [-0.25, -0.2) is 9.97 Å². The van der Waals surface area contributed by atoms with Crippen LogP contribution >= 0.6 is 0 Å². The Labute approximate surface area is 184 Å². The molecule has 2 aliphatic rings. The molecule has 5 rings (SSSR count). The predicted octanol–water partition coefficient (Wildman–Crippen LogP) is 5.01. The Bertz CT molecular complexity index is 1050. The van der Waals surface area contributed by atoms with E-state index in [0.29, 0.717) is 11.4 Å². The number of nitrogens with zero attached hydrogens (tertiary/aromatic N) is 4. The first-order chi connectivity index (χ1) is 15.2. The van der Waals surface area contributed by atoms with Crippen LogP contribution < -0.4 is 4.90 Å². The minimum Gasteiger partial charge on any atom is -0.507 e. The maximum atomic E-state index is 10.4. The third-order valence-corrected chi connectivity index (χ3v) is 6.89. The summed E-state index contributed by atoms with van der Waals surface area (Å²) in [7, 11) is 0. The van der Waals surface area contributed by atoms with Crippen molar-refractivity contribution >= 4 is 16.7 Å². The van der Waals surface area contributed by atoms with Crippen molar-refractivity contribution in [3.05, 3.63) is 48.0 Å². The summed E-state index contributed by atoms with van der Waals surface area (Å²) in [4.78, 5) is 14.8. The van der Waals surface area contributed by atoms with Gasteiger partial charge in [0.2, 0.25) is 0 Å². The van der Waals surface area contributed by atoms with Crippen molar-refractivity contribution in [2.24, 2.45) is 5.92 Å². The van der Waals surface area contributed by atoms with E-state index in [9.17, 15) is 5.11 Å². The van der Waals surface area contributed by atoms with Gasteiger partial charge in [0, 0.05) is 38.1 Å². The standard InChI is InChI=1S/C26H32N4O/c1-19-11-12-21-23(17-19)27-25(22-9-5-6-10-24(22)31)28-26(21)30-15-13-29(14-16-30)18-20-7-3-2-4-8-20/h5-6,9-12,17,20,31H,2-4,7-8,13-16,18H2,1H3. The van der Waals surface area contributed by atoms with Crippen LogP contribution in [-0.2, 0) is 0 Å². The van der Waals surface area contributed by atoms with Gasteiger partial charge >= 0.3 is 0 Å². The van der Waals surface area contributed by atoms with E-state index in [1.165, 1.54) is 44.2 Å². The Hall–Kier alpha value is -2.66. The number of benzene rings is 2. The van der Waals surface area contributed by atoms with Crippen molar-refractivity contribution in [1.29, 1.82) is 0 Å². The number of phenols is 1. The van der Waals surface area contributed by atoms with E-state index < -0.39 is 0 Å². The second kappa shape index (κ2) is 8.83. The zero-order valence-corrected chi connectivity index (χ0v) is 18.4. The summed E-state index contributed by atoms with van der Waals surface area (Å²) in [6.45, 7) is 7.46. The fourth-order valence-electron chi connectivity index (χ4n) is 5.12. The van der Waals surface area contributed by atoms with Gasteiger partial charge in [-0.15, -0.1) is 0 Å². The van der Waals surface area contributed by atoms with E-state index in [2.05, 4.69) is 34.9 Å². The highest BCUT2D eigenvalue weighted by Crippen LogP contribution is 2.32. The van der Waals surface area contributed by atoms with Gasteiger partial charge < -0.3 is 10.0 Å². The fraction of sp³-hybridized carbons (Fsp3) is 0.462. The molecule has 1 aliphatic heterocycles. The highest BCUT2D eigenvalue weighted by molar-refractivity contribution is 5.92. The molecule has 1 N–H and O–H groups in total. The van der Waals surface area contributed by atoms with Gasteiger partial charge in [-0.05, 0) is 55.5 Å². The maximum absolute atomic E-state index is 10.4. The molecule has 0 unspecified atom stereocenters. The molecule has 0 bridgehead atoms. The second-order valence-electron chi connectivity index (χ2n) is 9.20. The highest BCUT2D eigenvalue weighted by Gasteiger charge is 2.24. The first-order valence-corrected chi connectivity index (χ1v) is 11.7. The first kappa shape index (κ1) is 20.3. The molecule has 2 fully saturated rings. The minimum atomic E-state index is 0.220. The number of aryl methyl sites for hydroxylation is 1. The number of piperazine rings is 1. The van der Waals surface area contributed by atoms with E-state index in [1.807, 2.05) is 18.2 Å². The summed E-state index contributed by atoms with van der Waals surface area (Å²) in [6.07, 6.45) is 7.04. The topological polar surface area (TPSA) is 52.5 Å². The quantitative estimate of drug-likeness (QED) is 0.648. The molecule has 3 aromatic rings. The smallest absolute Gasteiger partial charge is 0.165 e. The summed E-state index contributed by atoms with van der Waals surface area (Å²) in [5.41, 5.74) is 2.80. The first-order valence-electron chi connectivity index (χ1n) is 11.7. The van der Waals surface area contributed by atoms with Crippen molar-refractivity contribution in [2.75, 3.05) is 37.6 Å². The summed E-state index contributed by atoms with van der Waals surface area (Å²) >= 11 is 0. The molecule has 1 aliphatic carbocycles. The lowest BCUT2D eigenvalue weighted by Gasteiger charge is -2.38. The lowest BCUT2D eigenvalue weighted by molar-refractivity contribution is 0.192. The van der Waals surface area contributed by atoms with E-state index in [0.717, 1.165) is 48.8 Å².